The lowest BCUT2D eigenvalue weighted by atomic mass is 10.3. The van der Waals surface area contributed by atoms with Gasteiger partial charge < -0.3 is 30.2 Å². The van der Waals surface area contributed by atoms with E-state index in [1.165, 1.54) is 0 Å². The van der Waals surface area contributed by atoms with Crippen LogP contribution in [0.1, 0.15) is 11.2 Å². The predicted octanol–water partition coefficient (Wildman–Crippen LogP) is -1.20. The van der Waals surface area contributed by atoms with Gasteiger partial charge in [0, 0.05) is 18.3 Å². The van der Waals surface area contributed by atoms with E-state index in [0.717, 1.165) is 0 Å². The molecule has 0 saturated heterocycles. The molecule has 0 aliphatic rings. The zero-order chi connectivity index (χ0) is 16.8. The second-order valence-corrected chi connectivity index (χ2v) is 7.09. The number of rotatable bonds is 4. The number of hydrogen-bond acceptors (Lipinski definition) is 4. The van der Waals surface area contributed by atoms with Crippen LogP contribution in [0.2, 0.25) is 0 Å². The Balaban J connectivity index is 0.00000441. The summed E-state index contributed by atoms with van der Waals surface area (Å²) >= 11 is 0. The van der Waals surface area contributed by atoms with Gasteiger partial charge in [-0.25, -0.2) is 0 Å². The molecule has 0 bridgehead atoms. The summed E-state index contributed by atoms with van der Waals surface area (Å²) in [6.45, 7) is 0. The Labute approximate surface area is 107 Å². The maximum atomic E-state index is 11.2. The highest BCUT2D eigenvalue weighted by Crippen LogP contribution is 2.68. The average Bonchev–Trinajstić information content (AvgIpc) is 2.30. The van der Waals surface area contributed by atoms with Crippen molar-refractivity contribution in [2.45, 2.75) is 11.5 Å². The maximum Gasteiger partial charge on any atom is 0.369 e. The van der Waals surface area contributed by atoms with Gasteiger partial charge in [-0.05, 0) is 12.1 Å². The van der Waals surface area contributed by atoms with Crippen LogP contribution < -0.4 is 0 Å². The van der Waals surface area contributed by atoms with Crippen molar-refractivity contribution >= 4 is 15.2 Å². The van der Waals surface area contributed by atoms with E-state index in [1.54, 1.807) is 0 Å². The minimum Gasteiger partial charge on any atom is -0.412 e. The first kappa shape index (κ1) is 11.2. The fourth-order valence-electron chi connectivity index (χ4n) is 0.939. The standard InChI is InChI=1S/C7H11NO7P2.H2O/c9-7(16(10,11)12,17(13,14)15)5-6-3-1-2-4-8-6;/h1-4,9H,5H2,(H2,10,11,12)(H2,13,14,15);1H2/i1D,2D,3D,4D;. The first-order valence-electron chi connectivity index (χ1n) is 5.99. The van der Waals surface area contributed by atoms with Gasteiger partial charge in [0.1, 0.15) is 0 Å². The zero-order valence-corrected chi connectivity index (χ0v) is 10.4. The van der Waals surface area contributed by atoms with Crippen molar-refractivity contribution in [3.05, 3.63) is 30.0 Å². The summed E-state index contributed by atoms with van der Waals surface area (Å²) in [5.74, 6) is 0. The van der Waals surface area contributed by atoms with Crippen LogP contribution in [0.4, 0.5) is 0 Å². The van der Waals surface area contributed by atoms with E-state index >= 15 is 0 Å². The Kier molecular flexibility index (Phi) is 3.47. The second kappa shape index (κ2) is 5.56. The number of aromatic nitrogens is 1. The smallest absolute Gasteiger partial charge is 0.369 e. The van der Waals surface area contributed by atoms with E-state index in [1.807, 2.05) is 0 Å². The third-order valence-corrected chi connectivity index (χ3v) is 5.60. The van der Waals surface area contributed by atoms with E-state index in [0.29, 0.717) is 0 Å². The molecule has 1 aromatic heterocycles. The van der Waals surface area contributed by atoms with Crippen LogP contribution in [-0.4, -0.2) is 40.2 Å². The summed E-state index contributed by atoms with van der Waals surface area (Å²) in [6, 6.07) is -2.42. The van der Waals surface area contributed by atoms with E-state index in [9.17, 15) is 14.2 Å². The highest BCUT2D eigenvalue weighted by molar-refractivity contribution is 7.72. The first-order chi connectivity index (χ1) is 9.22. The molecular formula is C7H13NO8P2. The monoisotopic (exact) mass is 305 g/mol. The van der Waals surface area contributed by atoms with Gasteiger partial charge >= 0.3 is 15.2 Å². The first-order valence-corrected chi connectivity index (χ1v) is 7.22. The van der Waals surface area contributed by atoms with E-state index < -0.39 is 56.7 Å². The molecule has 0 amide bonds. The molecule has 18 heavy (non-hydrogen) atoms. The van der Waals surface area contributed by atoms with Crippen molar-refractivity contribution in [2.24, 2.45) is 0 Å². The molecule has 1 aromatic rings. The van der Waals surface area contributed by atoms with Crippen molar-refractivity contribution in [3.8, 4) is 0 Å². The van der Waals surface area contributed by atoms with Gasteiger partial charge in [0.15, 0.2) is 0 Å². The number of aliphatic hydroxyl groups is 1. The lowest BCUT2D eigenvalue weighted by molar-refractivity contribution is 0.130. The normalized spacial score (nSPS) is 16.1. The molecule has 0 atom stereocenters. The number of hydrogen-bond donors (Lipinski definition) is 5. The molecule has 1 heterocycles. The van der Waals surface area contributed by atoms with Crippen LogP contribution in [0, 0.1) is 0 Å². The molecule has 0 aromatic carbocycles. The Morgan fingerprint density at radius 1 is 1.22 bits per heavy atom. The van der Waals surface area contributed by atoms with E-state index in [4.69, 9.17) is 25.1 Å². The fraction of sp³-hybridized carbons (Fsp3) is 0.286. The summed E-state index contributed by atoms with van der Waals surface area (Å²) in [4.78, 5) is 39.1. The Morgan fingerprint density at radius 2 is 1.72 bits per heavy atom. The highest BCUT2D eigenvalue weighted by Gasteiger charge is 2.59. The van der Waals surface area contributed by atoms with Gasteiger partial charge in [0.25, 0.3) is 5.08 Å². The largest absolute Gasteiger partial charge is 0.412 e. The lowest BCUT2D eigenvalue weighted by Gasteiger charge is -2.28. The molecule has 9 nitrogen and oxygen atoms in total. The van der Waals surface area contributed by atoms with Gasteiger partial charge in [-0.2, -0.15) is 0 Å². The second-order valence-electron chi connectivity index (χ2n) is 3.08. The minimum absolute atomic E-state index is 0. The molecule has 7 N–H and O–H groups in total. The third-order valence-electron chi connectivity index (χ3n) is 1.85. The maximum absolute atomic E-state index is 11.2. The summed E-state index contributed by atoms with van der Waals surface area (Å²) in [5, 5.41) is 5.87. The van der Waals surface area contributed by atoms with E-state index in [-0.39, 0.29) is 5.48 Å². The van der Waals surface area contributed by atoms with Gasteiger partial charge in [-0.1, -0.05) is 6.04 Å². The summed E-state index contributed by atoms with van der Waals surface area (Å²) in [7, 11) is -11.5. The molecule has 1 rings (SSSR count). The van der Waals surface area contributed by atoms with Crippen molar-refractivity contribution in [1.82, 2.24) is 4.98 Å². The Hall–Kier alpha value is -0.630. The molecule has 0 aliphatic heterocycles. The molecule has 0 saturated carbocycles. The van der Waals surface area contributed by atoms with E-state index in [2.05, 4.69) is 4.98 Å². The van der Waals surface area contributed by atoms with Gasteiger partial charge in [-0.15, -0.1) is 0 Å². The highest BCUT2D eigenvalue weighted by atomic mass is 31.2. The lowest BCUT2D eigenvalue weighted by Crippen LogP contribution is -2.31. The van der Waals surface area contributed by atoms with Crippen LogP contribution in [0.5, 0.6) is 0 Å². The molecule has 0 radical (unpaired) electrons. The van der Waals surface area contributed by atoms with Crippen LogP contribution in [0.15, 0.2) is 24.3 Å². The molecule has 0 fully saturated rings. The van der Waals surface area contributed by atoms with Crippen LogP contribution in [-0.2, 0) is 15.6 Å². The summed E-state index contributed by atoms with van der Waals surface area (Å²) < 4.78 is 51.6. The van der Waals surface area contributed by atoms with Crippen molar-refractivity contribution in [3.63, 3.8) is 0 Å². The quantitative estimate of drug-likeness (QED) is 0.430. The van der Waals surface area contributed by atoms with Crippen molar-refractivity contribution < 1.29 is 44.8 Å². The van der Waals surface area contributed by atoms with Gasteiger partial charge in [0.2, 0.25) is 0 Å². The van der Waals surface area contributed by atoms with Crippen LogP contribution in [0.25, 0.3) is 0 Å². The van der Waals surface area contributed by atoms with Crippen molar-refractivity contribution in [2.75, 3.05) is 0 Å². The van der Waals surface area contributed by atoms with Crippen LogP contribution >= 0.6 is 15.2 Å². The molecular weight excluding hydrogens is 288 g/mol. The Bertz CT molecular complexity index is 651. The molecule has 0 unspecified atom stereocenters. The Morgan fingerprint density at radius 3 is 2.17 bits per heavy atom. The molecule has 104 valence electrons. The predicted molar refractivity (Wildman–Crippen MR) is 60.6 cm³/mol. The van der Waals surface area contributed by atoms with Gasteiger partial charge in [-0.3, -0.25) is 14.1 Å². The average molecular weight is 305 g/mol. The summed E-state index contributed by atoms with van der Waals surface area (Å²) in [6.07, 6.45) is -2.27. The topological polar surface area (TPSA) is 180 Å². The third kappa shape index (κ3) is 3.44. The van der Waals surface area contributed by atoms with Gasteiger partial charge in [0.05, 0.1) is 5.48 Å². The molecule has 0 spiro atoms. The zero-order valence-electron chi connectivity index (χ0n) is 12.6. The minimum atomic E-state index is -5.74. The number of nitrogens with zero attached hydrogens (tertiary/aromatic N) is 1. The SMILES string of the molecule is O.[2H]c1nc(CC(O)(P(=O)(O)O)P(=O)(O)O)c([2H])c([2H])c1[2H]. The van der Waals surface area contributed by atoms with Crippen LogP contribution in [0.3, 0.4) is 0 Å². The fourth-order valence-corrected chi connectivity index (χ4v) is 3.01. The summed E-state index contributed by atoms with van der Waals surface area (Å²) in [5.41, 5.74) is -0.782. The molecule has 11 heteroatoms. The number of pyridine rings is 1. The molecule has 0 aliphatic carbocycles. The van der Waals surface area contributed by atoms with Crippen molar-refractivity contribution in [1.29, 1.82) is 0 Å².